The summed E-state index contributed by atoms with van der Waals surface area (Å²) >= 11 is 0. The van der Waals surface area contributed by atoms with E-state index in [9.17, 15) is 0 Å². The van der Waals surface area contributed by atoms with Gasteiger partial charge in [-0.3, -0.25) is 0 Å². The molecule has 0 atom stereocenters. The van der Waals surface area contributed by atoms with Crippen molar-refractivity contribution in [3.8, 4) is 0 Å². The summed E-state index contributed by atoms with van der Waals surface area (Å²) in [6.45, 7) is 11.6. The van der Waals surface area contributed by atoms with Crippen molar-refractivity contribution < 1.29 is 0 Å². The van der Waals surface area contributed by atoms with Crippen molar-refractivity contribution >= 4 is 0 Å². The second kappa shape index (κ2) is 16.3. The molecular weight excluding hydrogens is 96.1 g/mol. The van der Waals surface area contributed by atoms with E-state index in [1.54, 1.807) is 0 Å². The smallest absolute Gasteiger partial charge is 0.0172 e. The summed E-state index contributed by atoms with van der Waals surface area (Å²) in [7, 11) is 0. The van der Waals surface area contributed by atoms with E-state index < -0.39 is 0 Å². The molecule has 0 N–H and O–H groups in total. The fourth-order valence-electron chi connectivity index (χ4n) is 0.232. The standard InChI is InChI=1S/C6H10.C2H4/c1-3-5-6-4-2;1-2/h3-4,6H,1,5H2,2H3;1-2H2. The molecule has 0 bridgehead atoms. The molecule has 0 heteroatoms. The normalized spacial score (nSPS) is 7.62. The minimum atomic E-state index is 0.997. The summed E-state index contributed by atoms with van der Waals surface area (Å²) in [6.07, 6.45) is 6.95. The van der Waals surface area contributed by atoms with Gasteiger partial charge in [0.05, 0.1) is 0 Å². The van der Waals surface area contributed by atoms with Crippen LogP contribution in [0.5, 0.6) is 0 Å². The van der Waals surface area contributed by atoms with E-state index in [1.165, 1.54) is 0 Å². The molecule has 0 aliphatic heterocycles. The molecule has 8 heavy (non-hydrogen) atoms. The van der Waals surface area contributed by atoms with E-state index in [-0.39, 0.29) is 0 Å². The molecular formula is C8H14. The zero-order valence-electron chi connectivity index (χ0n) is 5.56. The Morgan fingerprint density at radius 3 is 2.00 bits per heavy atom. The van der Waals surface area contributed by atoms with Crippen LogP contribution in [-0.4, -0.2) is 0 Å². The summed E-state index contributed by atoms with van der Waals surface area (Å²) in [5.74, 6) is 0. The van der Waals surface area contributed by atoms with Crippen LogP contribution in [0.1, 0.15) is 13.3 Å². The van der Waals surface area contributed by atoms with Crippen LogP contribution in [0.4, 0.5) is 0 Å². The molecule has 0 aromatic rings. The van der Waals surface area contributed by atoms with Crippen molar-refractivity contribution in [2.24, 2.45) is 0 Å². The molecule has 0 saturated carbocycles. The number of hydrogen-bond acceptors (Lipinski definition) is 0. The molecule has 0 saturated heterocycles. The third-order valence-corrected chi connectivity index (χ3v) is 0.538. The largest absolute Gasteiger partial charge is 0.106 e. The molecule has 0 radical (unpaired) electrons. The van der Waals surface area contributed by atoms with E-state index in [0.717, 1.165) is 6.42 Å². The van der Waals surface area contributed by atoms with Crippen molar-refractivity contribution in [2.75, 3.05) is 0 Å². The molecule has 46 valence electrons. The lowest BCUT2D eigenvalue weighted by Crippen LogP contribution is -1.48. The first-order chi connectivity index (χ1) is 3.91. The molecule has 0 unspecified atom stereocenters. The highest BCUT2D eigenvalue weighted by Gasteiger charge is 1.57. The van der Waals surface area contributed by atoms with E-state index in [1.807, 2.05) is 19.1 Å². The zero-order valence-corrected chi connectivity index (χ0v) is 5.56. The Hall–Kier alpha value is -0.780. The number of hydrogen-bond donors (Lipinski definition) is 0. The molecule has 0 aromatic heterocycles. The van der Waals surface area contributed by atoms with Gasteiger partial charge in [0.25, 0.3) is 0 Å². The second-order valence-electron chi connectivity index (χ2n) is 1.09. The third-order valence-electron chi connectivity index (χ3n) is 0.538. The predicted octanol–water partition coefficient (Wildman–Crippen LogP) is 2.94. The summed E-state index contributed by atoms with van der Waals surface area (Å²) in [4.78, 5) is 0. The van der Waals surface area contributed by atoms with Crippen LogP contribution in [0.25, 0.3) is 0 Å². The Bertz CT molecular complexity index is 60.4. The number of allylic oxidation sites excluding steroid dienone is 3. The molecule has 0 aliphatic rings. The lowest BCUT2D eigenvalue weighted by Gasteiger charge is -1.69. The van der Waals surface area contributed by atoms with Gasteiger partial charge in [0.1, 0.15) is 0 Å². The van der Waals surface area contributed by atoms with Gasteiger partial charge >= 0.3 is 0 Å². The fourth-order valence-corrected chi connectivity index (χ4v) is 0.232. The van der Waals surface area contributed by atoms with Crippen LogP contribution >= 0.6 is 0 Å². The Morgan fingerprint density at radius 1 is 1.38 bits per heavy atom. The maximum Gasteiger partial charge on any atom is -0.0172 e. The topological polar surface area (TPSA) is 0 Å². The summed E-state index contributed by atoms with van der Waals surface area (Å²) in [6, 6.07) is 0. The van der Waals surface area contributed by atoms with Gasteiger partial charge in [0, 0.05) is 0 Å². The van der Waals surface area contributed by atoms with Crippen LogP contribution in [0.15, 0.2) is 38.0 Å². The van der Waals surface area contributed by atoms with E-state index >= 15 is 0 Å². The van der Waals surface area contributed by atoms with E-state index in [4.69, 9.17) is 0 Å². The highest BCUT2D eigenvalue weighted by Crippen LogP contribution is 1.78. The minimum absolute atomic E-state index is 0.997. The monoisotopic (exact) mass is 110 g/mol. The molecule has 0 amide bonds. The molecule has 0 rings (SSSR count). The molecule has 0 fully saturated rings. The van der Waals surface area contributed by atoms with Crippen molar-refractivity contribution in [1.82, 2.24) is 0 Å². The van der Waals surface area contributed by atoms with Gasteiger partial charge in [0.15, 0.2) is 0 Å². The van der Waals surface area contributed by atoms with Crippen molar-refractivity contribution in [3.63, 3.8) is 0 Å². The molecule has 0 spiro atoms. The molecule has 0 nitrogen and oxygen atoms in total. The summed E-state index contributed by atoms with van der Waals surface area (Å²) in [5.41, 5.74) is 0. The average Bonchev–Trinajstić information content (AvgIpc) is 1.88. The highest BCUT2D eigenvalue weighted by molar-refractivity contribution is 4.85. The van der Waals surface area contributed by atoms with Gasteiger partial charge in [-0.1, -0.05) is 18.2 Å². The van der Waals surface area contributed by atoms with E-state index in [2.05, 4.69) is 25.8 Å². The van der Waals surface area contributed by atoms with E-state index in [0.29, 0.717) is 0 Å². The van der Waals surface area contributed by atoms with Crippen molar-refractivity contribution in [1.29, 1.82) is 0 Å². The molecule has 0 aliphatic carbocycles. The lowest BCUT2D eigenvalue weighted by atomic mass is 10.4. The first kappa shape index (κ1) is 10.3. The number of rotatable bonds is 2. The van der Waals surface area contributed by atoms with Crippen LogP contribution < -0.4 is 0 Å². The predicted molar refractivity (Wildman–Crippen MR) is 40.9 cm³/mol. The van der Waals surface area contributed by atoms with Gasteiger partial charge < -0.3 is 0 Å². The Kier molecular flexibility index (Phi) is 20.9. The van der Waals surface area contributed by atoms with Gasteiger partial charge in [-0.2, -0.15) is 0 Å². The van der Waals surface area contributed by atoms with Crippen molar-refractivity contribution in [3.05, 3.63) is 38.0 Å². The van der Waals surface area contributed by atoms with Crippen LogP contribution in [0, 0.1) is 0 Å². The fraction of sp³-hybridized carbons (Fsp3) is 0.250. The first-order valence-corrected chi connectivity index (χ1v) is 2.64. The average molecular weight is 110 g/mol. The maximum absolute atomic E-state index is 3.55. The zero-order chi connectivity index (χ0) is 6.83. The summed E-state index contributed by atoms with van der Waals surface area (Å²) in [5, 5.41) is 0. The molecule has 0 heterocycles. The maximum atomic E-state index is 3.55. The van der Waals surface area contributed by atoms with Gasteiger partial charge in [0.2, 0.25) is 0 Å². The van der Waals surface area contributed by atoms with Gasteiger partial charge in [-0.25, -0.2) is 0 Å². The second-order valence-corrected chi connectivity index (χ2v) is 1.09. The Labute approximate surface area is 52.2 Å². The van der Waals surface area contributed by atoms with Crippen LogP contribution in [0.3, 0.4) is 0 Å². The third kappa shape index (κ3) is 18.9. The van der Waals surface area contributed by atoms with Crippen LogP contribution in [-0.2, 0) is 0 Å². The van der Waals surface area contributed by atoms with Gasteiger partial charge in [-0.15, -0.1) is 19.7 Å². The SMILES string of the molecule is C=C.C=CCC=CC. The first-order valence-electron chi connectivity index (χ1n) is 2.64. The van der Waals surface area contributed by atoms with Crippen molar-refractivity contribution in [2.45, 2.75) is 13.3 Å². The Morgan fingerprint density at radius 2 is 1.88 bits per heavy atom. The van der Waals surface area contributed by atoms with Gasteiger partial charge in [-0.05, 0) is 13.3 Å². The summed E-state index contributed by atoms with van der Waals surface area (Å²) < 4.78 is 0. The minimum Gasteiger partial charge on any atom is -0.106 e. The van der Waals surface area contributed by atoms with Crippen LogP contribution in [0.2, 0.25) is 0 Å². The quantitative estimate of drug-likeness (QED) is 0.479. The lowest BCUT2D eigenvalue weighted by molar-refractivity contribution is 1.39. The highest BCUT2D eigenvalue weighted by atomic mass is 13.6. The molecule has 0 aromatic carbocycles. The Balaban J connectivity index is 0.